The number of hydrogen-bond acceptors (Lipinski definition) is 6. The van der Waals surface area contributed by atoms with Gasteiger partial charge >= 0.3 is 8.25 Å². The molecular formula is C30H40NO4PS2. The van der Waals surface area contributed by atoms with Crippen LogP contribution in [0.4, 0.5) is 5.69 Å². The highest BCUT2D eigenvalue weighted by Gasteiger charge is 2.16. The summed E-state index contributed by atoms with van der Waals surface area (Å²) >= 11 is 2.95. The van der Waals surface area contributed by atoms with Crippen LogP contribution >= 0.6 is 30.9 Å². The Labute approximate surface area is 236 Å². The summed E-state index contributed by atoms with van der Waals surface area (Å²) < 4.78 is 22.4. The van der Waals surface area contributed by atoms with E-state index >= 15 is 0 Å². The average Bonchev–Trinajstić information content (AvgIpc) is 3.55. The lowest BCUT2D eigenvalue weighted by atomic mass is 10.0. The molecule has 0 fully saturated rings. The second kappa shape index (κ2) is 16.7. The summed E-state index contributed by atoms with van der Waals surface area (Å²) in [6.45, 7) is 5.08. The third-order valence-corrected chi connectivity index (χ3v) is 8.75. The van der Waals surface area contributed by atoms with Gasteiger partial charge in [0.2, 0.25) is 0 Å². The molecule has 1 unspecified atom stereocenters. The van der Waals surface area contributed by atoms with Gasteiger partial charge in [-0.25, -0.2) is 4.57 Å². The van der Waals surface area contributed by atoms with Crippen molar-refractivity contribution in [3.8, 4) is 43.5 Å². The van der Waals surface area contributed by atoms with Crippen molar-refractivity contribution in [3.63, 3.8) is 0 Å². The molecule has 3 aromatic rings. The minimum Gasteiger partial charge on any atom is -0.493 e. The topological polar surface area (TPSA) is 81.8 Å². The van der Waals surface area contributed by atoms with Gasteiger partial charge in [-0.2, -0.15) is 0 Å². The Bertz CT molecular complexity index is 1220. The van der Waals surface area contributed by atoms with Crippen LogP contribution in [0.5, 0.6) is 10.8 Å². The first kappa shape index (κ1) is 30.3. The minimum absolute atomic E-state index is 0.388. The number of rotatable bonds is 16. The fraction of sp³-hybridized carbons (Fsp3) is 0.467. The van der Waals surface area contributed by atoms with Gasteiger partial charge < -0.3 is 19.9 Å². The van der Waals surface area contributed by atoms with E-state index in [2.05, 4.69) is 37.8 Å². The van der Waals surface area contributed by atoms with E-state index in [1.54, 1.807) is 17.4 Å². The maximum Gasteiger partial charge on any atom is 0.365 e. The van der Waals surface area contributed by atoms with Crippen LogP contribution in [-0.2, 0) is 4.57 Å². The predicted molar refractivity (Wildman–Crippen MR) is 164 cm³/mol. The van der Waals surface area contributed by atoms with Crippen molar-refractivity contribution in [2.45, 2.75) is 84.5 Å². The lowest BCUT2D eigenvalue weighted by molar-refractivity contribution is 0.306. The lowest BCUT2D eigenvalue weighted by Gasteiger charge is -2.14. The second-order valence-electron chi connectivity index (χ2n) is 9.31. The summed E-state index contributed by atoms with van der Waals surface area (Å²) in [7, 11) is -3.05. The van der Waals surface area contributed by atoms with E-state index in [1.165, 1.54) is 56.3 Å². The third kappa shape index (κ3) is 9.82. The molecule has 0 amide bonds. The second-order valence-corrected chi connectivity index (χ2v) is 12.2. The molecule has 0 aliphatic carbocycles. The summed E-state index contributed by atoms with van der Waals surface area (Å²) in [5.41, 5.74) is 8.92. The molecule has 5 nitrogen and oxygen atoms in total. The molecule has 1 atom stereocenters. The zero-order valence-corrected chi connectivity index (χ0v) is 25.1. The molecule has 3 N–H and O–H groups in total. The highest BCUT2D eigenvalue weighted by atomic mass is 32.1. The molecule has 206 valence electrons. The number of ether oxygens (including phenoxy) is 1. The predicted octanol–water partition coefficient (Wildman–Crippen LogP) is 9.55. The largest absolute Gasteiger partial charge is 0.493 e. The van der Waals surface area contributed by atoms with Gasteiger partial charge in [0.15, 0.2) is 5.06 Å². The molecule has 0 aliphatic rings. The van der Waals surface area contributed by atoms with E-state index in [1.807, 2.05) is 18.2 Å². The van der Waals surface area contributed by atoms with Crippen molar-refractivity contribution in [3.05, 3.63) is 41.3 Å². The van der Waals surface area contributed by atoms with Gasteiger partial charge in [-0.05, 0) is 49.2 Å². The van der Waals surface area contributed by atoms with E-state index in [0.717, 1.165) is 57.2 Å². The van der Waals surface area contributed by atoms with Crippen molar-refractivity contribution in [1.82, 2.24) is 0 Å². The molecule has 0 saturated carbocycles. The molecular weight excluding hydrogens is 533 g/mol. The SMILES string of the molecule is CCCCCCCCC#Cc1ccc(-c2cc(N)c(-c3ccc(O[PH](=O)O)s3)cc2OCCCCCC)s1. The van der Waals surface area contributed by atoms with Crippen LogP contribution in [0.2, 0.25) is 0 Å². The molecule has 0 aliphatic heterocycles. The Morgan fingerprint density at radius 1 is 0.868 bits per heavy atom. The van der Waals surface area contributed by atoms with Gasteiger partial charge in [0.25, 0.3) is 0 Å². The Balaban J connectivity index is 1.77. The maximum atomic E-state index is 11.1. The van der Waals surface area contributed by atoms with Crippen molar-refractivity contribution in [1.29, 1.82) is 0 Å². The molecule has 1 aromatic carbocycles. The van der Waals surface area contributed by atoms with Crippen LogP contribution in [0.25, 0.3) is 20.9 Å². The average molecular weight is 574 g/mol. The van der Waals surface area contributed by atoms with Gasteiger partial charge in [0.05, 0.1) is 11.5 Å². The fourth-order valence-corrected chi connectivity index (χ4v) is 6.43. The smallest absolute Gasteiger partial charge is 0.365 e. The van der Waals surface area contributed by atoms with Crippen molar-refractivity contribution < 1.29 is 18.7 Å². The maximum absolute atomic E-state index is 11.1. The highest BCUT2D eigenvalue weighted by Crippen LogP contribution is 2.44. The molecule has 0 spiro atoms. The zero-order valence-electron chi connectivity index (χ0n) is 22.5. The first-order valence-electron chi connectivity index (χ1n) is 13.7. The Morgan fingerprint density at radius 3 is 2.32 bits per heavy atom. The van der Waals surface area contributed by atoms with Crippen LogP contribution in [0.1, 0.15) is 89.4 Å². The number of anilines is 1. The normalized spacial score (nSPS) is 11.7. The molecule has 3 rings (SSSR count). The van der Waals surface area contributed by atoms with Crippen LogP contribution < -0.4 is 15.0 Å². The van der Waals surface area contributed by atoms with E-state index in [0.29, 0.717) is 17.4 Å². The van der Waals surface area contributed by atoms with E-state index in [9.17, 15) is 4.57 Å². The van der Waals surface area contributed by atoms with Crippen LogP contribution in [0, 0.1) is 11.8 Å². The van der Waals surface area contributed by atoms with Crippen molar-refractivity contribution in [2.24, 2.45) is 0 Å². The number of nitrogens with two attached hydrogens (primary N) is 1. The first-order chi connectivity index (χ1) is 18.5. The standard InChI is InChI=1S/C30H40NO4PS2/c1-3-5-7-9-10-11-12-13-15-23-16-17-29(37-23)25-21-26(31)24(22-27(25)34-20-14-8-6-4-2)28-18-19-30(38-28)35-36(32)33/h16-19,21-22,36H,3-12,14,20,31H2,1-2H3,(H,32,33). The van der Waals surface area contributed by atoms with Crippen LogP contribution in [0.3, 0.4) is 0 Å². The number of hydrogen-bond donors (Lipinski definition) is 2. The number of thiophene rings is 2. The number of unbranched alkanes of at least 4 members (excludes halogenated alkanes) is 9. The fourth-order valence-electron chi connectivity index (χ4n) is 4.13. The Hall–Kier alpha value is -2.23. The minimum atomic E-state index is -3.05. The van der Waals surface area contributed by atoms with Gasteiger partial charge in [0, 0.05) is 33.0 Å². The molecule has 0 saturated heterocycles. The highest BCUT2D eigenvalue weighted by molar-refractivity contribution is 7.33. The van der Waals surface area contributed by atoms with E-state index < -0.39 is 8.25 Å². The third-order valence-electron chi connectivity index (χ3n) is 6.18. The number of nitrogen functional groups attached to an aromatic ring is 1. The van der Waals surface area contributed by atoms with Crippen molar-refractivity contribution >= 4 is 36.6 Å². The van der Waals surface area contributed by atoms with Gasteiger partial charge in [-0.15, -0.1) is 11.3 Å². The Kier molecular flexibility index (Phi) is 13.3. The molecule has 0 radical (unpaired) electrons. The van der Waals surface area contributed by atoms with E-state index in [4.69, 9.17) is 19.9 Å². The Morgan fingerprint density at radius 2 is 1.55 bits per heavy atom. The summed E-state index contributed by atoms with van der Waals surface area (Å²) in [5, 5.41) is 0.388. The molecule has 0 bridgehead atoms. The molecule has 8 heteroatoms. The van der Waals surface area contributed by atoms with E-state index in [-0.39, 0.29) is 0 Å². The zero-order chi connectivity index (χ0) is 27.2. The summed E-state index contributed by atoms with van der Waals surface area (Å²) in [6.07, 6.45) is 13.1. The van der Waals surface area contributed by atoms with Gasteiger partial charge in [-0.1, -0.05) is 88.4 Å². The molecule has 2 heterocycles. The van der Waals surface area contributed by atoms with Crippen molar-refractivity contribution in [2.75, 3.05) is 12.3 Å². The molecule has 2 aromatic heterocycles. The lowest BCUT2D eigenvalue weighted by Crippen LogP contribution is -2.00. The van der Waals surface area contributed by atoms with Gasteiger partial charge in [0.1, 0.15) is 5.75 Å². The van der Waals surface area contributed by atoms with Crippen LogP contribution in [0.15, 0.2) is 36.4 Å². The summed E-state index contributed by atoms with van der Waals surface area (Å²) in [6, 6.07) is 11.6. The molecule has 38 heavy (non-hydrogen) atoms. The first-order valence-corrected chi connectivity index (χ1v) is 16.6. The van der Waals surface area contributed by atoms with Gasteiger partial charge in [-0.3, -0.25) is 0 Å². The quantitative estimate of drug-likeness (QED) is 0.0772. The summed E-state index contributed by atoms with van der Waals surface area (Å²) in [4.78, 5) is 12.1. The monoisotopic (exact) mass is 573 g/mol. The number of benzene rings is 1. The van der Waals surface area contributed by atoms with Crippen LogP contribution in [-0.4, -0.2) is 11.5 Å². The summed E-state index contributed by atoms with van der Waals surface area (Å²) in [5.74, 6) is 7.46.